The number of hydrogen-bond donors (Lipinski definition) is 2. The van der Waals surface area contributed by atoms with Crippen LogP contribution in [0.2, 0.25) is 5.02 Å². The standard InChI is InChI=1S/C22H26ClN3O4S.ClH/c23-17-9-11-21(12-10-17)31(29,30)25-19-14-20(7-2-1-3-8-22(27)28)26(16-19)15-18-6-4-5-13-24-18;/h2,4-7,9-13,19-20,25H,1,3,8,14-16H2,(H,27,28);1H/t19-,20-;/m1./s1. The number of likely N-dealkylation sites (tertiary alicyclic amines) is 1. The SMILES string of the molecule is Cl.O=C(O)CCCC=C[C@@H]1C[C@@H](NS(=O)(=O)c2ccc(Cl)cc2)CN1Cc1ccccn1. The van der Waals surface area contributed by atoms with Crippen LogP contribution in [0.15, 0.2) is 65.7 Å². The number of nitrogens with one attached hydrogen (secondary N) is 1. The number of benzene rings is 1. The van der Waals surface area contributed by atoms with Gasteiger partial charge in [0.15, 0.2) is 0 Å². The molecule has 1 aliphatic rings. The van der Waals surface area contributed by atoms with E-state index in [-0.39, 0.29) is 35.8 Å². The van der Waals surface area contributed by atoms with Gasteiger partial charge in [-0.05, 0) is 55.7 Å². The van der Waals surface area contributed by atoms with Crippen molar-refractivity contribution in [2.45, 2.75) is 49.2 Å². The number of carbonyl (C=O) groups is 1. The normalized spacial score (nSPS) is 19.2. The number of halogens is 2. The molecule has 2 N–H and O–H groups in total. The smallest absolute Gasteiger partial charge is 0.303 e. The molecule has 1 saturated heterocycles. The van der Waals surface area contributed by atoms with E-state index in [1.54, 1.807) is 18.3 Å². The first kappa shape index (κ1) is 26.3. The van der Waals surface area contributed by atoms with E-state index in [9.17, 15) is 13.2 Å². The highest BCUT2D eigenvalue weighted by Gasteiger charge is 2.33. The minimum Gasteiger partial charge on any atom is -0.481 e. The van der Waals surface area contributed by atoms with Crippen LogP contribution in [0.5, 0.6) is 0 Å². The van der Waals surface area contributed by atoms with Crippen LogP contribution >= 0.6 is 24.0 Å². The summed E-state index contributed by atoms with van der Waals surface area (Å²) in [6.07, 6.45) is 7.76. The maximum Gasteiger partial charge on any atom is 0.303 e. The van der Waals surface area contributed by atoms with Crippen LogP contribution < -0.4 is 4.72 Å². The number of aromatic nitrogens is 1. The van der Waals surface area contributed by atoms with E-state index in [4.69, 9.17) is 16.7 Å². The van der Waals surface area contributed by atoms with Gasteiger partial charge in [0.25, 0.3) is 0 Å². The van der Waals surface area contributed by atoms with Crippen LogP contribution in [0.3, 0.4) is 0 Å². The van der Waals surface area contributed by atoms with Gasteiger partial charge in [-0.1, -0.05) is 29.8 Å². The number of nitrogens with zero attached hydrogens (tertiary/aromatic N) is 2. The zero-order valence-corrected chi connectivity index (χ0v) is 19.8. The molecule has 0 bridgehead atoms. The number of allylic oxidation sites excluding steroid dienone is 1. The summed E-state index contributed by atoms with van der Waals surface area (Å²) in [5.74, 6) is -0.803. The molecule has 0 radical (unpaired) electrons. The Hall–Kier alpha value is -1.97. The van der Waals surface area contributed by atoms with Crippen molar-refractivity contribution in [1.82, 2.24) is 14.6 Å². The van der Waals surface area contributed by atoms with E-state index < -0.39 is 16.0 Å². The minimum atomic E-state index is -3.66. The molecule has 1 aromatic carbocycles. The van der Waals surface area contributed by atoms with E-state index in [2.05, 4.69) is 14.6 Å². The first-order valence-corrected chi connectivity index (χ1v) is 12.0. The number of aliphatic carboxylic acids is 1. The third kappa shape index (κ3) is 7.86. The molecule has 0 saturated carbocycles. The first-order chi connectivity index (χ1) is 14.8. The fraction of sp³-hybridized carbons (Fsp3) is 0.364. The van der Waals surface area contributed by atoms with Crippen molar-refractivity contribution < 1.29 is 18.3 Å². The lowest BCUT2D eigenvalue weighted by atomic mass is 10.1. The molecule has 2 aromatic rings. The number of pyridine rings is 1. The Labute approximate surface area is 200 Å². The second kappa shape index (κ2) is 12.3. The average molecular weight is 500 g/mol. The molecule has 0 unspecified atom stereocenters. The van der Waals surface area contributed by atoms with Crippen LogP contribution in [-0.4, -0.2) is 48.0 Å². The lowest BCUT2D eigenvalue weighted by Crippen LogP contribution is -2.37. The van der Waals surface area contributed by atoms with Crippen LogP contribution in [0.25, 0.3) is 0 Å². The molecular weight excluding hydrogens is 473 g/mol. The Bertz CT molecular complexity index is 1000. The van der Waals surface area contributed by atoms with Crippen molar-refractivity contribution in [2.24, 2.45) is 0 Å². The number of unbranched alkanes of at least 4 members (excludes halogenated alkanes) is 1. The second-order valence-electron chi connectivity index (χ2n) is 7.54. The van der Waals surface area contributed by atoms with Gasteiger partial charge >= 0.3 is 5.97 Å². The summed E-state index contributed by atoms with van der Waals surface area (Å²) >= 11 is 5.87. The molecule has 1 aromatic heterocycles. The monoisotopic (exact) mass is 499 g/mol. The zero-order chi connectivity index (χ0) is 22.3. The Kier molecular flexibility index (Phi) is 10.1. The molecule has 0 aliphatic carbocycles. The van der Waals surface area contributed by atoms with Crippen molar-refractivity contribution in [3.05, 3.63) is 71.5 Å². The van der Waals surface area contributed by atoms with Gasteiger partial charge < -0.3 is 5.11 Å². The number of carboxylic acids is 1. The van der Waals surface area contributed by atoms with Crippen LogP contribution in [0.1, 0.15) is 31.4 Å². The maximum absolute atomic E-state index is 12.8. The van der Waals surface area contributed by atoms with Crippen molar-refractivity contribution >= 4 is 40.0 Å². The molecule has 0 spiro atoms. The molecule has 3 rings (SSSR count). The number of hydrogen-bond acceptors (Lipinski definition) is 5. The molecule has 0 amide bonds. The lowest BCUT2D eigenvalue weighted by molar-refractivity contribution is -0.137. The summed E-state index contributed by atoms with van der Waals surface area (Å²) in [5.41, 5.74) is 0.910. The number of sulfonamides is 1. The molecule has 2 heterocycles. The molecule has 2 atom stereocenters. The van der Waals surface area contributed by atoms with Crippen molar-refractivity contribution in [2.75, 3.05) is 6.54 Å². The molecule has 10 heteroatoms. The Morgan fingerprint density at radius 2 is 2.00 bits per heavy atom. The van der Waals surface area contributed by atoms with E-state index in [0.717, 1.165) is 5.69 Å². The minimum absolute atomic E-state index is 0. The maximum atomic E-state index is 12.8. The summed E-state index contributed by atoms with van der Waals surface area (Å²) in [7, 11) is -3.66. The Morgan fingerprint density at radius 1 is 1.25 bits per heavy atom. The van der Waals surface area contributed by atoms with Gasteiger partial charge in [-0.15, -0.1) is 12.4 Å². The van der Waals surface area contributed by atoms with Gasteiger partial charge in [0, 0.05) is 42.8 Å². The second-order valence-corrected chi connectivity index (χ2v) is 9.69. The predicted octanol–water partition coefficient (Wildman–Crippen LogP) is 3.89. The summed E-state index contributed by atoms with van der Waals surface area (Å²) in [5, 5.41) is 9.25. The van der Waals surface area contributed by atoms with Crippen molar-refractivity contribution in [3.8, 4) is 0 Å². The van der Waals surface area contributed by atoms with Crippen molar-refractivity contribution in [3.63, 3.8) is 0 Å². The van der Waals surface area contributed by atoms with Gasteiger partial charge in [-0.25, -0.2) is 13.1 Å². The number of carboxylic acid groups (broad SMARTS) is 1. The van der Waals surface area contributed by atoms with Crippen molar-refractivity contribution in [1.29, 1.82) is 0 Å². The zero-order valence-electron chi connectivity index (χ0n) is 17.4. The summed E-state index contributed by atoms with van der Waals surface area (Å²) < 4.78 is 28.4. The first-order valence-electron chi connectivity index (χ1n) is 10.1. The highest BCUT2D eigenvalue weighted by atomic mass is 35.5. The third-order valence-corrected chi connectivity index (χ3v) is 6.89. The quantitative estimate of drug-likeness (QED) is 0.379. The average Bonchev–Trinajstić information content (AvgIpc) is 3.08. The molecule has 1 aliphatic heterocycles. The fourth-order valence-electron chi connectivity index (χ4n) is 3.63. The van der Waals surface area contributed by atoms with E-state index >= 15 is 0 Å². The van der Waals surface area contributed by atoms with Gasteiger partial charge in [0.1, 0.15) is 0 Å². The fourth-order valence-corrected chi connectivity index (χ4v) is 4.99. The molecule has 7 nitrogen and oxygen atoms in total. The topological polar surface area (TPSA) is 99.6 Å². The van der Waals surface area contributed by atoms with E-state index in [1.165, 1.54) is 12.1 Å². The molecule has 174 valence electrons. The largest absolute Gasteiger partial charge is 0.481 e. The molecular formula is C22H27Cl2N3O4S. The summed E-state index contributed by atoms with van der Waals surface area (Å²) in [6.45, 7) is 1.15. The van der Waals surface area contributed by atoms with E-state index in [1.807, 2.05) is 30.4 Å². The van der Waals surface area contributed by atoms with Crippen LogP contribution in [0, 0.1) is 0 Å². The summed E-state index contributed by atoms with van der Waals surface area (Å²) in [6, 6.07) is 11.6. The molecule has 1 fully saturated rings. The highest BCUT2D eigenvalue weighted by molar-refractivity contribution is 7.89. The lowest BCUT2D eigenvalue weighted by Gasteiger charge is -2.21. The predicted molar refractivity (Wildman–Crippen MR) is 126 cm³/mol. The summed E-state index contributed by atoms with van der Waals surface area (Å²) in [4.78, 5) is 17.4. The Morgan fingerprint density at radius 3 is 2.66 bits per heavy atom. The van der Waals surface area contributed by atoms with Crippen LogP contribution in [-0.2, 0) is 21.4 Å². The van der Waals surface area contributed by atoms with Gasteiger partial charge in [-0.2, -0.15) is 0 Å². The molecule has 32 heavy (non-hydrogen) atoms. The van der Waals surface area contributed by atoms with Crippen LogP contribution in [0.4, 0.5) is 0 Å². The highest BCUT2D eigenvalue weighted by Crippen LogP contribution is 2.24. The van der Waals surface area contributed by atoms with Gasteiger partial charge in [0.2, 0.25) is 10.0 Å². The number of rotatable bonds is 10. The van der Waals surface area contributed by atoms with Gasteiger partial charge in [-0.3, -0.25) is 14.7 Å². The Balaban J connectivity index is 0.00000363. The third-order valence-electron chi connectivity index (χ3n) is 5.11. The van der Waals surface area contributed by atoms with E-state index in [0.29, 0.717) is 37.4 Å². The van der Waals surface area contributed by atoms with Gasteiger partial charge in [0.05, 0.1) is 10.6 Å².